The first-order valence-corrected chi connectivity index (χ1v) is 11.3. The zero-order valence-corrected chi connectivity index (χ0v) is 17.9. The van der Waals surface area contributed by atoms with Gasteiger partial charge >= 0.3 is 0 Å². The maximum Gasteiger partial charge on any atom is 0.255 e. The summed E-state index contributed by atoms with van der Waals surface area (Å²) in [6, 6.07) is 15.6. The lowest BCUT2D eigenvalue weighted by molar-refractivity contribution is -0.136. The van der Waals surface area contributed by atoms with Crippen molar-refractivity contribution in [3.63, 3.8) is 0 Å². The largest absolute Gasteiger partial charge is 0.489 e. The van der Waals surface area contributed by atoms with E-state index in [9.17, 15) is 14.4 Å². The molecule has 0 radical (unpaired) electrons. The number of fused-ring (bicyclic) bond motifs is 1. The lowest BCUT2D eigenvalue weighted by atomic mass is 10.0. The standard InChI is InChI=1S/C25H27N3O4/c29-23-12-11-21(24(30)27-23)28-15-17-13-18(9-10-19(17)25(28)31)32-22-8-4-7-20(22)26-14-16-5-2-1-3-6-16/h1-3,5-6,9-10,13,20-22,26H,4,7-8,11-12,14-15H2,(H,27,29,30)/t20-,21?,22-/m0/s1. The molecule has 2 aromatic carbocycles. The zero-order valence-electron chi connectivity index (χ0n) is 17.9. The van der Waals surface area contributed by atoms with Gasteiger partial charge in [0.05, 0.1) is 0 Å². The highest BCUT2D eigenvalue weighted by Crippen LogP contribution is 2.32. The van der Waals surface area contributed by atoms with Gasteiger partial charge in [0, 0.05) is 31.1 Å². The molecule has 7 nitrogen and oxygen atoms in total. The van der Waals surface area contributed by atoms with Crippen LogP contribution in [-0.2, 0) is 22.7 Å². The zero-order chi connectivity index (χ0) is 22.1. The molecule has 0 aromatic heterocycles. The Hall–Kier alpha value is -3.19. The number of nitrogens with one attached hydrogen (secondary N) is 2. The number of carbonyl (C=O) groups is 3. The topological polar surface area (TPSA) is 87.7 Å². The molecule has 0 spiro atoms. The second-order valence-electron chi connectivity index (χ2n) is 8.78. The predicted molar refractivity (Wildman–Crippen MR) is 118 cm³/mol. The van der Waals surface area contributed by atoms with Gasteiger partial charge in [-0.05, 0) is 55.0 Å². The average molecular weight is 434 g/mol. The van der Waals surface area contributed by atoms with Crippen molar-refractivity contribution in [1.82, 2.24) is 15.5 Å². The molecule has 1 unspecified atom stereocenters. The molecular formula is C25H27N3O4. The summed E-state index contributed by atoms with van der Waals surface area (Å²) in [5, 5.41) is 5.97. The van der Waals surface area contributed by atoms with Crippen LogP contribution in [0.2, 0.25) is 0 Å². The third kappa shape index (κ3) is 4.12. The molecule has 5 rings (SSSR count). The minimum Gasteiger partial charge on any atom is -0.489 e. The van der Waals surface area contributed by atoms with Crippen LogP contribution in [0.3, 0.4) is 0 Å². The summed E-state index contributed by atoms with van der Waals surface area (Å²) in [6.45, 7) is 1.17. The van der Waals surface area contributed by atoms with Gasteiger partial charge in [0.25, 0.3) is 5.91 Å². The number of hydrogen-bond donors (Lipinski definition) is 2. The highest BCUT2D eigenvalue weighted by atomic mass is 16.5. The van der Waals surface area contributed by atoms with Gasteiger partial charge in [0.1, 0.15) is 17.9 Å². The molecule has 3 aliphatic rings. The smallest absolute Gasteiger partial charge is 0.255 e. The summed E-state index contributed by atoms with van der Waals surface area (Å²) < 4.78 is 6.34. The number of hydrogen-bond acceptors (Lipinski definition) is 5. The van der Waals surface area contributed by atoms with Crippen LogP contribution in [0.1, 0.15) is 53.6 Å². The molecule has 2 fully saturated rings. The molecule has 1 saturated carbocycles. The molecule has 166 valence electrons. The maximum absolute atomic E-state index is 12.9. The van der Waals surface area contributed by atoms with Crippen LogP contribution in [0.25, 0.3) is 0 Å². The molecule has 2 aliphatic heterocycles. The van der Waals surface area contributed by atoms with E-state index >= 15 is 0 Å². The molecule has 7 heteroatoms. The van der Waals surface area contributed by atoms with Gasteiger partial charge in [-0.3, -0.25) is 19.7 Å². The van der Waals surface area contributed by atoms with Gasteiger partial charge in [-0.1, -0.05) is 30.3 Å². The van der Waals surface area contributed by atoms with Crippen LogP contribution in [0.15, 0.2) is 48.5 Å². The van der Waals surface area contributed by atoms with Gasteiger partial charge in [-0.25, -0.2) is 0 Å². The fourth-order valence-corrected chi connectivity index (χ4v) is 4.94. The number of nitrogens with zero attached hydrogens (tertiary/aromatic N) is 1. The summed E-state index contributed by atoms with van der Waals surface area (Å²) in [6.07, 6.45) is 3.88. The molecule has 0 bridgehead atoms. The monoisotopic (exact) mass is 433 g/mol. The van der Waals surface area contributed by atoms with Crippen LogP contribution in [0.5, 0.6) is 5.75 Å². The molecular weight excluding hydrogens is 406 g/mol. The van der Waals surface area contributed by atoms with E-state index in [4.69, 9.17) is 4.74 Å². The van der Waals surface area contributed by atoms with Gasteiger partial charge in [0.2, 0.25) is 11.8 Å². The average Bonchev–Trinajstić information content (AvgIpc) is 3.37. The number of imide groups is 1. The number of benzene rings is 2. The summed E-state index contributed by atoms with van der Waals surface area (Å²) in [5.74, 6) is -0.0836. The Morgan fingerprint density at radius 2 is 1.88 bits per heavy atom. The highest BCUT2D eigenvalue weighted by Gasteiger charge is 2.39. The van der Waals surface area contributed by atoms with Crippen molar-refractivity contribution in [3.05, 3.63) is 65.2 Å². The predicted octanol–water partition coefficient (Wildman–Crippen LogP) is 2.54. The molecule has 3 amide bonds. The van der Waals surface area contributed by atoms with Crippen molar-refractivity contribution < 1.29 is 19.1 Å². The van der Waals surface area contributed by atoms with Crippen molar-refractivity contribution in [2.45, 2.75) is 63.4 Å². The molecule has 2 aromatic rings. The lowest BCUT2D eigenvalue weighted by Crippen LogP contribution is -2.52. The Morgan fingerprint density at radius 1 is 1.03 bits per heavy atom. The number of amides is 3. The SMILES string of the molecule is O=C1CCC(N2Cc3cc(O[C@H]4CCC[C@@H]4NCc4ccccc4)ccc3C2=O)C(=O)N1. The molecule has 2 heterocycles. The third-order valence-corrected chi connectivity index (χ3v) is 6.65. The van der Waals surface area contributed by atoms with Crippen LogP contribution in [0.4, 0.5) is 0 Å². The number of ether oxygens (including phenoxy) is 1. The minimum absolute atomic E-state index is 0.0834. The second kappa shape index (κ2) is 8.74. The van der Waals surface area contributed by atoms with Gasteiger partial charge < -0.3 is 15.0 Å². The van der Waals surface area contributed by atoms with Crippen LogP contribution in [0, 0.1) is 0 Å². The molecule has 2 N–H and O–H groups in total. The Balaban J connectivity index is 1.24. The van der Waals surface area contributed by atoms with Crippen molar-refractivity contribution >= 4 is 17.7 Å². The van der Waals surface area contributed by atoms with Gasteiger partial charge in [-0.2, -0.15) is 0 Å². The van der Waals surface area contributed by atoms with Crippen molar-refractivity contribution in [2.24, 2.45) is 0 Å². The Bertz CT molecular complexity index is 1040. The van der Waals surface area contributed by atoms with Crippen molar-refractivity contribution in [3.8, 4) is 5.75 Å². The normalized spacial score (nSPS) is 25.1. The summed E-state index contributed by atoms with van der Waals surface area (Å²) in [4.78, 5) is 38.1. The van der Waals surface area contributed by atoms with E-state index in [1.165, 1.54) is 5.56 Å². The number of carbonyl (C=O) groups excluding carboxylic acids is 3. The van der Waals surface area contributed by atoms with E-state index in [2.05, 4.69) is 22.8 Å². The van der Waals surface area contributed by atoms with Crippen LogP contribution >= 0.6 is 0 Å². The van der Waals surface area contributed by atoms with Gasteiger partial charge in [0.15, 0.2) is 0 Å². The first-order chi connectivity index (χ1) is 15.6. The van der Waals surface area contributed by atoms with Gasteiger partial charge in [-0.15, -0.1) is 0 Å². The molecule has 1 saturated heterocycles. The first-order valence-electron chi connectivity index (χ1n) is 11.3. The van der Waals surface area contributed by atoms with Crippen LogP contribution in [-0.4, -0.2) is 40.8 Å². The Labute approximate surface area is 187 Å². The minimum atomic E-state index is -0.599. The second-order valence-corrected chi connectivity index (χ2v) is 8.78. The van der Waals surface area contributed by atoms with Crippen LogP contribution < -0.4 is 15.4 Å². The fourth-order valence-electron chi connectivity index (χ4n) is 4.94. The van der Waals surface area contributed by atoms with E-state index in [1.54, 1.807) is 11.0 Å². The fraction of sp³-hybridized carbons (Fsp3) is 0.400. The first kappa shape index (κ1) is 20.7. The van der Waals surface area contributed by atoms with E-state index in [0.717, 1.165) is 37.1 Å². The van der Waals surface area contributed by atoms with E-state index in [0.29, 0.717) is 18.5 Å². The Kier molecular flexibility index (Phi) is 5.66. The van der Waals surface area contributed by atoms with E-state index in [1.807, 2.05) is 30.3 Å². The third-order valence-electron chi connectivity index (χ3n) is 6.65. The number of rotatable bonds is 6. The number of piperidine rings is 1. The summed E-state index contributed by atoms with van der Waals surface area (Å²) in [5.41, 5.74) is 2.72. The summed E-state index contributed by atoms with van der Waals surface area (Å²) >= 11 is 0. The van der Waals surface area contributed by atoms with Crippen molar-refractivity contribution in [2.75, 3.05) is 0 Å². The Morgan fingerprint density at radius 3 is 2.69 bits per heavy atom. The van der Waals surface area contributed by atoms with E-state index in [-0.39, 0.29) is 30.4 Å². The quantitative estimate of drug-likeness (QED) is 0.684. The molecule has 1 aliphatic carbocycles. The molecule has 32 heavy (non-hydrogen) atoms. The van der Waals surface area contributed by atoms with Crippen molar-refractivity contribution in [1.29, 1.82) is 0 Å². The highest BCUT2D eigenvalue weighted by molar-refractivity contribution is 6.05. The summed E-state index contributed by atoms with van der Waals surface area (Å²) in [7, 11) is 0. The maximum atomic E-state index is 12.9. The molecule has 3 atom stereocenters. The van der Waals surface area contributed by atoms with E-state index < -0.39 is 11.9 Å². The lowest BCUT2D eigenvalue weighted by Gasteiger charge is -2.29.